The molecule has 1 aromatic heterocycles. The molecule has 0 aliphatic heterocycles. The lowest BCUT2D eigenvalue weighted by Gasteiger charge is -2.08. The monoisotopic (exact) mass is 259 g/mol. The fourth-order valence-electron chi connectivity index (χ4n) is 1.56. The molecule has 0 spiro atoms. The minimum Gasteiger partial charge on any atom is -0.437 e. The molecule has 0 bridgehead atoms. The molecule has 0 unspecified atom stereocenters. The van der Waals surface area contributed by atoms with E-state index in [9.17, 15) is 0 Å². The molecule has 5 nitrogen and oxygen atoms in total. The summed E-state index contributed by atoms with van der Waals surface area (Å²) in [5, 5.41) is 12.2. The molecule has 0 radical (unpaired) electrons. The third-order valence-corrected chi connectivity index (χ3v) is 2.47. The highest BCUT2D eigenvalue weighted by molar-refractivity contribution is 5.35. The molecule has 1 aromatic carbocycles. The number of hydrogen-bond acceptors (Lipinski definition) is 5. The Labute approximate surface area is 112 Å². The lowest BCUT2D eigenvalue weighted by Crippen LogP contribution is -2.03. The van der Waals surface area contributed by atoms with Crippen molar-refractivity contribution in [2.75, 3.05) is 11.9 Å². The van der Waals surface area contributed by atoms with Crippen molar-refractivity contribution in [1.82, 2.24) is 9.97 Å². The summed E-state index contributed by atoms with van der Waals surface area (Å²) in [5.74, 6) is 1.75. The average Bonchev–Trinajstić information content (AvgIpc) is 2.46. The Morgan fingerprint density at radius 1 is 1.32 bits per heavy atom. The third kappa shape index (κ3) is 3.93. The Hall–Kier alpha value is -2.14. The first-order valence-electron chi connectivity index (χ1n) is 6.25. The molecule has 0 amide bonds. The molecule has 1 heterocycles. The molecule has 19 heavy (non-hydrogen) atoms. The summed E-state index contributed by atoms with van der Waals surface area (Å²) < 4.78 is 5.62. The van der Waals surface area contributed by atoms with Gasteiger partial charge in [-0.25, -0.2) is 0 Å². The number of anilines is 1. The number of aliphatic hydroxyl groups excluding tert-OH is 1. The van der Waals surface area contributed by atoms with E-state index in [1.165, 1.54) is 0 Å². The number of rotatable bonds is 6. The Bertz CT molecular complexity index is 532. The Balaban J connectivity index is 2.09. The van der Waals surface area contributed by atoms with Crippen LogP contribution in [0.2, 0.25) is 0 Å². The first-order chi connectivity index (χ1) is 9.31. The number of ether oxygens (including phenoxy) is 1. The first-order valence-corrected chi connectivity index (χ1v) is 6.25. The van der Waals surface area contributed by atoms with Crippen molar-refractivity contribution in [1.29, 1.82) is 0 Å². The fourth-order valence-corrected chi connectivity index (χ4v) is 1.56. The summed E-state index contributed by atoms with van der Waals surface area (Å²) in [6.07, 6.45) is 4.24. The van der Waals surface area contributed by atoms with Gasteiger partial charge in [-0.1, -0.05) is 19.1 Å². The van der Waals surface area contributed by atoms with Crippen LogP contribution in [-0.2, 0) is 6.61 Å². The van der Waals surface area contributed by atoms with Crippen molar-refractivity contribution in [3.63, 3.8) is 0 Å². The molecule has 100 valence electrons. The minimum atomic E-state index is -0.0129. The Morgan fingerprint density at radius 3 is 3.00 bits per heavy atom. The summed E-state index contributed by atoms with van der Waals surface area (Å²) in [4.78, 5) is 8.38. The van der Waals surface area contributed by atoms with Crippen LogP contribution in [0.15, 0.2) is 36.7 Å². The molecule has 2 N–H and O–H groups in total. The van der Waals surface area contributed by atoms with E-state index in [1.807, 2.05) is 18.2 Å². The number of hydrogen-bond donors (Lipinski definition) is 2. The van der Waals surface area contributed by atoms with Gasteiger partial charge in [-0.2, -0.15) is 4.98 Å². The SMILES string of the molecule is CCCNc1cncc(Oc2cccc(CO)c2)n1. The molecule has 2 rings (SSSR count). The number of nitrogens with one attached hydrogen (secondary N) is 1. The van der Waals surface area contributed by atoms with Gasteiger partial charge < -0.3 is 15.2 Å². The van der Waals surface area contributed by atoms with Crippen LogP contribution >= 0.6 is 0 Å². The summed E-state index contributed by atoms with van der Waals surface area (Å²) >= 11 is 0. The maximum Gasteiger partial charge on any atom is 0.239 e. The van der Waals surface area contributed by atoms with Crippen LogP contribution in [0.25, 0.3) is 0 Å². The van der Waals surface area contributed by atoms with Crippen LogP contribution in [0.1, 0.15) is 18.9 Å². The van der Waals surface area contributed by atoms with E-state index in [0.29, 0.717) is 17.4 Å². The maximum atomic E-state index is 9.08. The predicted molar refractivity (Wildman–Crippen MR) is 73.3 cm³/mol. The summed E-state index contributed by atoms with van der Waals surface area (Å²) in [6.45, 7) is 2.92. The Morgan fingerprint density at radius 2 is 2.21 bits per heavy atom. The Kier molecular flexibility index (Phi) is 4.69. The zero-order valence-corrected chi connectivity index (χ0v) is 10.8. The van der Waals surface area contributed by atoms with Crippen LogP contribution in [0.5, 0.6) is 11.6 Å². The minimum absolute atomic E-state index is 0.0129. The van der Waals surface area contributed by atoms with Gasteiger partial charge in [0.25, 0.3) is 0 Å². The van der Waals surface area contributed by atoms with Gasteiger partial charge in [0.2, 0.25) is 5.88 Å². The van der Waals surface area contributed by atoms with E-state index in [0.717, 1.165) is 18.5 Å². The van der Waals surface area contributed by atoms with Gasteiger partial charge in [0.15, 0.2) is 0 Å². The van der Waals surface area contributed by atoms with E-state index in [2.05, 4.69) is 22.2 Å². The lowest BCUT2D eigenvalue weighted by atomic mass is 10.2. The van der Waals surface area contributed by atoms with Crippen molar-refractivity contribution in [2.45, 2.75) is 20.0 Å². The molecule has 0 aliphatic rings. The van der Waals surface area contributed by atoms with E-state index in [-0.39, 0.29) is 6.61 Å². The maximum absolute atomic E-state index is 9.08. The molecular formula is C14H17N3O2. The van der Waals surface area contributed by atoms with Gasteiger partial charge in [-0.3, -0.25) is 4.98 Å². The second kappa shape index (κ2) is 6.70. The lowest BCUT2D eigenvalue weighted by molar-refractivity contribution is 0.281. The van der Waals surface area contributed by atoms with Crippen LogP contribution in [0.4, 0.5) is 5.82 Å². The normalized spacial score (nSPS) is 10.2. The third-order valence-electron chi connectivity index (χ3n) is 2.47. The van der Waals surface area contributed by atoms with Crippen molar-refractivity contribution in [2.24, 2.45) is 0 Å². The van der Waals surface area contributed by atoms with Crippen LogP contribution in [0, 0.1) is 0 Å². The van der Waals surface area contributed by atoms with E-state index in [4.69, 9.17) is 9.84 Å². The van der Waals surface area contributed by atoms with Crippen molar-refractivity contribution < 1.29 is 9.84 Å². The average molecular weight is 259 g/mol. The first kappa shape index (κ1) is 13.3. The summed E-state index contributed by atoms with van der Waals surface area (Å²) in [6, 6.07) is 7.24. The summed E-state index contributed by atoms with van der Waals surface area (Å²) in [5.41, 5.74) is 0.797. The molecule has 5 heteroatoms. The van der Waals surface area contributed by atoms with Gasteiger partial charge in [-0.05, 0) is 24.1 Å². The zero-order chi connectivity index (χ0) is 13.5. The fraction of sp³-hybridized carbons (Fsp3) is 0.286. The highest BCUT2D eigenvalue weighted by Crippen LogP contribution is 2.20. The smallest absolute Gasteiger partial charge is 0.239 e. The van der Waals surface area contributed by atoms with Crippen molar-refractivity contribution in [3.05, 3.63) is 42.2 Å². The number of aromatic nitrogens is 2. The van der Waals surface area contributed by atoms with Gasteiger partial charge >= 0.3 is 0 Å². The molecule has 0 atom stereocenters. The standard InChI is InChI=1S/C14H17N3O2/c1-2-6-16-13-8-15-9-14(17-13)19-12-5-3-4-11(7-12)10-18/h3-5,7-9,18H,2,6,10H2,1H3,(H,16,17). The second-order valence-corrected chi connectivity index (χ2v) is 4.08. The van der Waals surface area contributed by atoms with Gasteiger partial charge in [0, 0.05) is 6.54 Å². The van der Waals surface area contributed by atoms with Gasteiger partial charge in [-0.15, -0.1) is 0 Å². The number of benzene rings is 1. The van der Waals surface area contributed by atoms with Crippen LogP contribution in [-0.4, -0.2) is 21.6 Å². The quantitative estimate of drug-likeness (QED) is 0.834. The molecule has 0 saturated carbocycles. The molecule has 0 fully saturated rings. The van der Waals surface area contributed by atoms with E-state index < -0.39 is 0 Å². The van der Waals surface area contributed by atoms with Crippen LogP contribution in [0.3, 0.4) is 0 Å². The molecular weight excluding hydrogens is 242 g/mol. The van der Waals surface area contributed by atoms with Gasteiger partial charge in [0.1, 0.15) is 11.6 Å². The van der Waals surface area contributed by atoms with Crippen molar-refractivity contribution >= 4 is 5.82 Å². The van der Waals surface area contributed by atoms with Crippen molar-refractivity contribution in [3.8, 4) is 11.6 Å². The second-order valence-electron chi connectivity index (χ2n) is 4.08. The summed E-state index contributed by atoms with van der Waals surface area (Å²) in [7, 11) is 0. The highest BCUT2D eigenvalue weighted by Gasteiger charge is 2.02. The van der Waals surface area contributed by atoms with E-state index >= 15 is 0 Å². The van der Waals surface area contributed by atoms with E-state index in [1.54, 1.807) is 18.5 Å². The molecule has 0 saturated heterocycles. The molecule has 2 aromatic rings. The number of aliphatic hydroxyl groups is 1. The highest BCUT2D eigenvalue weighted by atomic mass is 16.5. The largest absolute Gasteiger partial charge is 0.437 e. The van der Waals surface area contributed by atoms with Gasteiger partial charge in [0.05, 0.1) is 19.0 Å². The molecule has 0 aliphatic carbocycles. The predicted octanol–water partition coefficient (Wildman–Crippen LogP) is 2.58. The topological polar surface area (TPSA) is 67.3 Å². The number of nitrogens with zero attached hydrogens (tertiary/aromatic N) is 2. The van der Waals surface area contributed by atoms with Crippen LogP contribution < -0.4 is 10.1 Å². The zero-order valence-electron chi connectivity index (χ0n) is 10.8.